The van der Waals surface area contributed by atoms with Gasteiger partial charge in [-0.3, -0.25) is 0 Å². The Hall–Kier alpha value is -1.13. The fraction of sp³-hybridized carbons (Fsp3) is 0.727. The Morgan fingerprint density at radius 2 is 1.96 bits per heavy atom. The zero-order valence-electron chi connectivity index (χ0n) is 15.7. The molecule has 1 aromatic carbocycles. The smallest absolute Gasteiger partial charge is 0.123 e. The summed E-state index contributed by atoms with van der Waals surface area (Å²) in [6, 6.07) is 5.26. The van der Waals surface area contributed by atoms with E-state index in [1.165, 1.54) is 50.6 Å². The van der Waals surface area contributed by atoms with Crippen molar-refractivity contribution in [1.82, 2.24) is 4.90 Å². The van der Waals surface area contributed by atoms with Crippen LogP contribution < -0.4 is 5.32 Å². The molecule has 2 bridgehead atoms. The van der Waals surface area contributed by atoms with E-state index in [0.29, 0.717) is 12.2 Å². The summed E-state index contributed by atoms with van der Waals surface area (Å²) in [5.41, 5.74) is 2.51. The molecule has 26 heavy (non-hydrogen) atoms. The normalized spacial score (nSPS) is 33.5. The van der Waals surface area contributed by atoms with Crippen LogP contribution in [0.25, 0.3) is 0 Å². The van der Waals surface area contributed by atoms with Gasteiger partial charge in [0.05, 0.1) is 12.2 Å². The number of likely N-dealkylation sites (tertiary alicyclic amines) is 1. The van der Waals surface area contributed by atoms with Crippen LogP contribution in [0.3, 0.4) is 0 Å². The lowest BCUT2D eigenvalue weighted by atomic mass is 9.74. The van der Waals surface area contributed by atoms with Crippen molar-refractivity contribution in [3.8, 4) is 0 Å². The van der Waals surface area contributed by atoms with Crippen LogP contribution in [0.1, 0.15) is 56.9 Å². The highest BCUT2D eigenvalue weighted by molar-refractivity contribution is 5.60. The molecule has 1 spiro atoms. The minimum Gasteiger partial charge on any atom is -0.384 e. The number of rotatable bonds is 2. The van der Waals surface area contributed by atoms with E-state index in [1.54, 1.807) is 12.1 Å². The van der Waals surface area contributed by atoms with E-state index in [4.69, 9.17) is 4.74 Å². The van der Waals surface area contributed by atoms with E-state index in [-0.39, 0.29) is 11.2 Å². The summed E-state index contributed by atoms with van der Waals surface area (Å²) in [6.45, 7) is 4.49. The molecule has 3 atom stereocenters. The fourth-order valence-electron chi connectivity index (χ4n) is 5.89. The Bertz CT molecular complexity index is 656. The average molecular weight is 359 g/mol. The number of nitrogens with one attached hydrogen (secondary N) is 1. The lowest BCUT2D eigenvalue weighted by molar-refractivity contribution is -0.0472. The van der Waals surface area contributed by atoms with E-state index in [2.05, 4.69) is 10.2 Å². The number of fused-ring (bicyclic) bond motifs is 4. The molecule has 3 saturated heterocycles. The average Bonchev–Trinajstić information content (AvgIpc) is 2.92. The summed E-state index contributed by atoms with van der Waals surface area (Å²) in [7, 11) is 0. The van der Waals surface area contributed by atoms with Crippen molar-refractivity contribution in [3.63, 3.8) is 0 Å². The molecule has 4 aliphatic heterocycles. The highest BCUT2D eigenvalue weighted by Crippen LogP contribution is 2.44. The zero-order chi connectivity index (χ0) is 17.6. The summed E-state index contributed by atoms with van der Waals surface area (Å²) in [4.78, 5) is 2.67. The maximum atomic E-state index is 13.8. The van der Waals surface area contributed by atoms with Crippen molar-refractivity contribution in [2.24, 2.45) is 5.92 Å². The maximum Gasteiger partial charge on any atom is 0.123 e. The summed E-state index contributed by atoms with van der Waals surface area (Å²) in [6.07, 6.45) is 11.1. The first-order valence-electron chi connectivity index (χ1n) is 10.6. The van der Waals surface area contributed by atoms with Crippen LogP contribution in [0.15, 0.2) is 18.2 Å². The predicted octanol–water partition coefficient (Wildman–Crippen LogP) is 4.32. The number of hydrogen-bond acceptors (Lipinski definition) is 3. The van der Waals surface area contributed by atoms with Gasteiger partial charge in [0.25, 0.3) is 0 Å². The molecule has 5 rings (SSSR count). The van der Waals surface area contributed by atoms with E-state index in [0.717, 1.165) is 44.1 Å². The third-order valence-electron chi connectivity index (χ3n) is 7.43. The third-order valence-corrected chi connectivity index (χ3v) is 7.43. The zero-order valence-corrected chi connectivity index (χ0v) is 15.7. The second-order valence-electron chi connectivity index (χ2n) is 9.11. The number of piperidine rings is 1. The molecule has 0 aliphatic carbocycles. The first-order chi connectivity index (χ1) is 12.7. The van der Waals surface area contributed by atoms with Gasteiger partial charge >= 0.3 is 0 Å². The Labute approximate surface area is 156 Å². The Balaban J connectivity index is 1.21. The van der Waals surface area contributed by atoms with Gasteiger partial charge < -0.3 is 15.0 Å². The van der Waals surface area contributed by atoms with Crippen LogP contribution in [0.4, 0.5) is 10.1 Å². The molecule has 3 fully saturated rings. The number of nitrogens with zero attached hydrogens (tertiary/aromatic N) is 1. The van der Waals surface area contributed by atoms with Crippen molar-refractivity contribution in [3.05, 3.63) is 29.6 Å². The largest absolute Gasteiger partial charge is 0.384 e. The topological polar surface area (TPSA) is 24.5 Å². The van der Waals surface area contributed by atoms with Crippen LogP contribution in [0.5, 0.6) is 0 Å². The lowest BCUT2D eigenvalue weighted by Gasteiger charge is -2.40. The molecule has 3 nitrogen and oxygen atoms in total. The van der Waals surface area contributed by atoms with Gasteiger partial charge in [-0.25, -0.2) is 4.39 Å². The van der Waals surface area contributed by atoms with E-state index < -0.39 is 0 Å². The van der Waals surface area contributed by atoms with Gasteiger partial charge in [-0.2, -0.15) is 0 Å². The lowest BCUT2D eigenvalue weighted by Crippen LogP contribution is -2.45. The highest BCUT2D eigenvalue weighted by atomic mass is 19.1. The molecule has 0 aromatic heterocycles. The SMILES string of the molecule is Fc1ccc2c(c1)C1(CCN(C[C@H]3CC[C@H]4CCC[C@H](C3)O4)CC1)CN2. The van der Waals surface area contributed by atoms with Crippen molar-refractivity contribution in [2.45, 2.75) is 69.0 Å². The number of hydrogen-bond donors (Lipinski definition) is 1. The first kappa shape index (κ1) is 17.0. The van der Waals surface area contributed by atoms with E-state index in [1.807, 2.05) is 6.07 Å². The van der Waals surface area contributed by atoms with Gasteiger partial charge in [-0.15, -0.1) is 0 Å². The van der Waals surface area contributed by atoms with Crippen LogP contribution >= 0.6 is 0 Å². The molecular weight excluding hydrogens is 327 g/mol. The standard InChI is InChI=1S/C22H31FN2O/c23-17-5-7-21-20(13-17)22(15-24-21)8-10-25(11-9-22)14-16-4-6-18-2-1-3-19(12-16)26-18/h5,7,13,16,18-19,24H,1-4,6,8-12,14-15H2/t16-,18+,19+/m0/s1. The number of ether oxygens (including phenoxy) is 1. The second-order valence-corrected chi connectivity index (χ2v) is 9.11. The quantitative estimate of drug-likeness (QED) is 0.852. The molecule has 4 heteroatoms. The molecule has 0 saturated carbocycles. The van der Waals surface area contributed by atoms with Crippen LogP contribution in [-0.4, -0.2) is 43.3 Å². The van der Waals surface area contributed by atoms with Crippen molar-refractivity contribution >= 4 is 5.69 Å². The van der Waals surface area contributed by atoms with Crippen LogP contribution in [0.2, 0.25) is 0 Å². The van der Waals surface area contributed by atoms with Gasteiger partial charge in [-0.1, -0.05) is 0 Å². The summed E-state index contributed by atoms with van der Waals surface area (Å²) in [5, 5.41) is 3.52. The van der Waals surface area contributed by atoms with Gasteiger partial charge in [0, 0.05) is 24.2 Å². The maximum absolute atomic E-state index is 13.8. The van der Waals surface area contributed by atoms with Crippen LogP contribution in [0, 0.1) is 11.7 Å². The Morgan fingerprint density at radius 1 is 1.12 bits per heavy atom. The second kappa shape index (κ2) is 6.79. The molecular formula is C22H31FN2O. The van der Waals surface area contributed by atoms with Gasteiger partial charge in [-0.05, 0) is 94.1 Å². The molecule has 0 radical (unpaired) electrons. The molecule has 4 heterocycles. The first-order valence-corrected chi connectivity index (χ1v) is 10.6. The predicted molar refractivity (Wildman–Crippen MR) is 102 cm³/mol. The summed E-state index contributed by atoms with van der Waals surface area (Å²) in [5.74, 6) is 0.697. The van der Waals surface area contributed by atoms with Gasteiger partial charge in [0.2, 0.25) is 0 Å². The third kappa shape index (κ3) is 3.16. The fourth-order valence-corrected chi connectivity index (χ4v) is 5.89. The molecule has 1 N–H and O–H groups in total. The molecule has 142 valence electrons. The van der Waals surface area contributed by atoms with Gasteiger partial charge in [0.1, 0.15) is 5.82 Å². The molecule has 0 unspecified atom stereocenters. The van der Waals surface area contributed by atoms with Crippen molar-refractivity contribution < 1.29 is 9.13 Å². The Kier molecular flexibility index (Phi) is 4.44. The minimum absolute atomic E-state index is 0.0983. The number of benzene rings is 1. The number of anilines is 1. The monoisotopic (exact) mass is 358 g/mol. The number of halogens is 1. The molecule has 4 aliphatic rings. The Morgan fingerprint density at radius 3 is 2.85 bits per heavy atom. The summed E-state index contributed by atoms with van der Waals surface area (Å²) >= 11 is 0. The van der Waals surface area contributed by atoms with Gasteiger partial charge in [0.15, 0.2) is 0 Å². The van der Waals surface area contributed by atoms with Crippen molar-refractivity contribution in [1.29, 1.82) is 0 Å². The van der Waals surface area contributed by atoms with E-state index >= 15 is 0 Å². The summed E-state index contributed by atoms with van der Waals surface area (Å²) < 4.78 is 20.0. The van der Waals surface area contributed by atoms with Crippen molar-refractivity contribution in [2.75, 3.05) is 31.5 Å². The highest BCUT2D eigenvalue weighted by Gasteiger charge is 2.42. The van der Waals surface area contributed by atoms with E-state index in [9.17, 15) is 4.39 Å². The molecule has 0 amide bonds. The minimum atomic E-state index is -0.0983. The van der Waals surface area contributed by atoms with Crippen LogP contribution in [-0.2, 0) is 10.2 Å². The molecule has 1 aromatic rings.